The Bertz CT molecular complexity index is 416. The summed E-state index contributed by atoms with van der Waals surface area (Å²) >= 11 is 0. The number of aliphatic hydroxyl groups excluding tert-OH is 1. The minimum Gasteiger partial charge on any atom is -0.396 e. The lowest BCUT2D eigenvalue weighted by atomic mass is 9.86. The van der Waals surface area contributed by atoms with Crippen LogP contribution < -0.4 is 0 Å². The highest BCUT2D eigenvalue weighted by Crippen LogP contribution is 2.29. The second kappa shape index (κ2) is 6.75. The van der Waals surface area contributed by atoms with Gasteiger partial charge in [-0.1, -0.05) is 39.5 Å². The predicted molar refractivity (Wildman–Crippen MR) is 79.8 cm³/mol. The summed E-state index contributed by atoms with van der Waals surface area (Å²) in [4.78, 5) is 0. The first-order valence-electron chi connectivity index (χ1n) is 6.91. The molecule has 0 aromatic heterocycles. The maximum Gasteiger partial charge on any atom is 0.0471 e. The van der Waals surface area contributed by atoms with E-state index in [1.165, 1.54) is 22.3 Å². The van der Waals surface area contributed by atoms with Crippen molar-refractivity contribution in [3.05, 3.63) is 41.0 Å². The molecule has 0 saturated carbocycles. The molecular weight excluding hydrogens is 220 g/mol. The molecule has 0 bridgehead atoms. The van der Waals surface area contributed by atoms with E-state index < -0.39 is 0 Å². The van der Waals surface area contributed by atoms with Crippen molar-refractivity contribution in [3.63, 3.8) is 0 Å². The fourth-order valence-electron chi connectivity index (χ4n) is 2.57. The Morgan fingerprint density at radius 3 is 2.50 bits per heavy atom. The molecule has 1 N–H and O–H groups in total. The number of hydrogen-bond acceptors (Lipinski definition) is 1. The van der Waals surface area contributed by atoms with Crippen LogP contribution in [0.15, 0.2) is 18.7 Å². The van der Waals surface area contributed by atoms with Gasteiger partial charge in [0.1, 0.15) is 0 Å². The van der Waals surface area contributed by atoms with Crippen LogP contribution in [-0.2, 0) is 12.8 Å². The summed E-state index contributed by atoms with van der Waals surface area (Å²) in [6, 6.07) is 4.44. The Morgan fingerprint density at radius 1 is 1.33 bits per heavy atom. The van der Waals surface area contributed by atoms with Crippen LogP contribution in [0.2, 0.25) is 0 Å². The molecule has 100 valence electrons. The van der Waals surface area contributed by atoms with Crippen LogP contribution in [0.25, 0.3) is 5.57 Å². The SMILES string of the molecule is C=C(CCO)c1c(CC(C)C)ccc(C)c1CC. The van der Waals surface area contributed by atoms with Crippen LogP contribution in [0.3, 0.4) is 0 Å². The zero-order chi connectivity index (χ0) is 13.7. The second-order valence-electron chi connectivity index (χ2n) is 5.42. The van der Waals surface area contributed by atoms with E-state index in [0.717, 1.165) is 18.4 Å². The third-order valence-electron chi connectivity index (χ3n) is 3.38. The Balaban J connectivity index is 3.29. The molecule has 0 radical (unpaired) electrons. The van der Waals surface area contributed by atoms with Crippen molar-refractivity contribution in [1.82, 2.24) is 0 Å². The van der Waals surface area contributed by atoms with Crippen molar-refractivity contribution < 1.29 is 5.11 Å². The average Bonchev–Trinajstić information content (AvgIpc) is 2.30. The summed E-state index contributed by atoms with van der Waals surface area (Å²) in [6.07, 6.45) is 2.77. The molecular formula is C17H26O. The lowest BCUT2D eigenvalue weighted by molar-refractivity contribution is 0.305. The van der Waals surface area contributed by atoms with E-state index in [-0.39, 0.29) is 6.61 Å². The van der Waals surface area contributed by atoms with Gasteiger partial charge in [0.2, 0.25) is 0 Å². The van der Waals surface area contributed by atoms with Gasteiger partial charge in [-0.25, -0.2) is 0 Å². The average molecular weight is 246 g/mol. The topological polar surface area (TPSA) is 20.2 Å². The van der Waals surface area contributed by atoms with Crippen LogP contribution in [0.4, 0.5) is 0 Å². The van der Waals surface area contributed by atoms with Crippen LogP contribution in [-0.4, -0.2) is 11.7 Å². The van der Waals surface area contributed by atoms with E-state index in [1.807, 2.05) is 0 Å². The molecule has 0 atom stereocenters. The normalized spacial score (nSPS) is 11.0. The predicted octanol–water partition coefficient (Wildman–Crippen LogP) is 4.15. The number of aryl methyl sites for hydroxylation is 1. The molecule has 0 heterocycles. The molecule has 0 aliphatic rings. The molecule has 0 fully saturated rings. The van der Waals surface area contributed by atoms with E-state index in [1.54, 1.807) is 0 Å². The zero-order valence-corrected chi connectivity index (χ0v) is 12.2. The fraction of sp³-hybridized carbons (Fsp3) is 0.529. The van der Waals surface area contributed by atoms with Crippen LogP contribution in [0.1, 0.15) is 49.4 Å². The Kier molecular flexibility index (Phi) is 5.61. The molecule has 1 aromatic rings. The van der Waals surface area contributed by atoms with Crippen molar-refractivity contribution in [1.29, 1.82) is 0 Å². The summed E-state index contributed by atoms with van der Waals surface area (Å²) in [5.41, 5.74) is 6.49. The molecule has 0 spiro atoms. The third-order valence-corrected chi connectivity index (χ3v) is 3.38. The molecule has 1 rings (SSSR count). The highest BCUT2D eigenvalue weighted by molar-refractivity contribution is 5.70. The molecule has 0 amide bonds. The van der Waals surface area contributed by atoms with Gasteiger partial charge in [0.15, 0.2) is 0 Å². The van der Waals surface area contributed by atoms with Gasteiger partial charge in [-0.2, -0.15) is 0 Å². The smallest absolute Gasteiger partial charge is 0.0471 e. The highest BCUT2D eigenvalue weighted by atomic mass is 16.2. The van der Waals surface area contributed by atoms with Crippen molar-refractivity contribution in [2.24, 2.45) is 5.92 Å². The van der Waals surface area contributed by atoms with E-state index in [4.69, 9.17) is 5.11 Å². The summed E-state index contributed by atoms with van der Waals surface area (Å²) in [5, 5.41) is 9.14. The minimum atomic E-state index is 0.178. The summed E-state index contributed by atoms with van der Waals surface area (Å²) < 4.78 is 0. The number of hydrogen-bond donors (Lipinski definition) is 1. The van der Waals surface area contributed by atoms with Gasteiger partial charge in [0.05, 0.1) is 0 Å². The summed E-state index contributed by atoms with van der Waals surface area (Å²) in [5.74, 6) is 0.637. The standard InChI is InChI=1S/C17H26O/c1-6-16-13(4)7-8-15(11-12(2)3)17(16)14(5)9-10-18/h7-8,12,18H,5-6,9-11H2,1-4H3. The fourth-order valence-corrected chi connectivity index (χ4v) is 2.57. The maximum atomic E-state index is 9.14. The number of benzene rings is 1. The summed E-state index contributed by atoms with van der Waals surface area (Å²) in [6.45, 7) is 13.2. The highest BCUT2D eigenvalue weighted by Gasteiger charge is 2.13. The van der Waals surface area contributed by atoms with Gasteiger partial charge in [-0.15, -0.1) is 0 Å². The Hall–Kier alpha value is -1.08. The quantitative estimate of drug-likeness (QED) is 0.799. The number of aliphatic hydroxyl groups is 1. The summed E-state index contributed by atoms with van der Waals surface area (Å²) in [7, 11) is 0. The van der Waals surface area contributed by atoms with Gasteiger partial charge in [-0.05, 0) is 59.9 Å². The molecule has 0 saturated heterocycles. The Morgan fingerprint density at radius 2 is 2.00 bits per heavy atom. The molecule has 0 unspecified atom stereocenters. The molecule has 0 aliphatic heterocycles. The van der Waals surface area contributed by atoms with Crippen molar-refractivity contribution >= 4 is 5.57 Å². The largest absolute Gasteiger partial charge is 0.396 e. The van der Waals surface area contributed by atoms with E-state index in [0.29, 0.717) is 12.3 Å². The van der Waals surface area contributed by atoms with Crippen molar-refractivity contribution in [2.45, 2.75) is 47.0 Å². The minimum absolute atomic E-state index is 0.178. The lowest BCUT2D eigenvalue weighted by Crippen LogP contribution is -2.05. The second-order valence-corrected chi connectivity index (χ2v) is 5.42. The first-order chi connectivity index (χ1) is 8.51. The van der Waals surface area contributed by atoms with E-state index in [9.17, 15) is 0 Å². The molecule has 1 heteroatoms. The van der Waals surface area contributed by atoms with Crippen LogP contribution in [0.5, 0.6) is 0 Å². The first kappa shape index (κ1) is 15.0. The Labute approximate surface area is 112 Å². The van der Waals surface area contributed by atoms with Gasteiger partial charge in [-0.3, -0.25) is 0 Å². The van der Waals surface area contributed by atoms with Crippen molar-refractivity contribution in [3.8, 4) is 0 Å². The van der Waals surface area contributed by atoms with E-state index >= 15 is 0 Å². The maximum absolute atomic E-state index is 9.14. The molecule has 0 aliphatic carbocycles. The third kappa shape index (κ3) is 3.46. The zero-order valence-electron chi connectivity index (χ0n) is 12.2. The number of rotatable bonds is 6. The monoisotopic (exact) mass is 246 g/mol. The molecule has 1 nitrogen and oxygen atoms in total. The van der Waals surface area contributed by atoms with Gasteiger partial charge in [0, 0.05) is 6.61 Å². The molecule has 18 heavy (non-hydrogen) atoms. The molecule has 1 aromatic carbocycles. The van der Waals surface area contributed by atoms with Gasteiger partial charge >= 0.3 is 0 Å². The van der Waals surface area contributed by atoms with Crippen LogP contribution in [0, 0.1) is 12.8 Å². The van der Waals surface area contributed by atoms with Gasteiger partial charge in [0.25, 0.3) is 0 Å². The first-order valence-corrected chi connectivity index (χ1v) is 6.91. The van der Waals surface area contributed by atoms with Gasteiger partial charge < -0.3 is 5.11 Å². The van der Waals surface area contributed by atoms with Crippen LogP contribution >= 0.6 is 0 Å². The van der Waals surface area contributed by atoms with Crippen molar-refractivity contribution in [2.75, 3.05) is 6.61 Å². The lowest BCUT2D eigenvalue weighted by Gasteiger charge is -2.19. The van der Waals surface area contributed by atoms with E-state index in [2.05, 4.69) is 46.4 Å².